The number of aromatic nitrogens is 1. The second-order valence-electron chi connectivity index (χ2n) is 6.26. The third kappa shape index (κ3) is 3.91. The molecule has 0 aliphatic carbocycles. The average Bonchev–Trinajstić information content (AvgIpc) is 2.68. The molecule has 1 aromatic heterocycles. The predicted octanol–water partition coefficient (Wildman–Crippen LogP) is 4.56. The van der Waals surface area contributed by atoms with Gasteiger partial charge in [0.2, 0.25) is 0 Å². The fraction of sp³-hybridized carbons (Fsp3) is 0.182. The highest BCUT2D eigenvalue weighted by molar-refractivity contribution is 5.97. The Morgan fingerprint density at radius 3 is 2.35 bits per heavy atom. The third-order valence-corrected chi connectivity index (χ3v) is 4.38. The van der Waals surface area contributed by atoms with Crippen molar-refractivity contribution >= 4 is 5.91 Å². The highest BCUT2D eigenvalue weighted by Crippen LogP contribution is 2.27. The van der Waals surface area contributed by atoms with Crippen molar-refractivity contribution in [2.24, 2.45) is 0 Å². The largest absolute Gasteiger partial charge is 0.496 e. The number of rotatable bonds is 5. The van der Waals surface area contributed by atoms with Gasteiger partial charge in [0.25, 0.3) is 5.91 Å². The Hall–Kier alpha value is -3.14. The van der Waals surface area contributed by atoms with Crippen molar-refractivity contribution < 1.29 is 9.53 Å². The normalized spacial score (nSPS) is 11.7. The van der Waals surface area contributed by atoms with Crippen molar-refractivity contribution in [2.75, 3.05) is 7.11 Å². The standard InChI is InChI=1S/C22H22N2O2/c1-15-4-6-17(7-5-15)16(2)24-22(25)20-9-8-19(14-21(20)26-3)18-10-12-23-13-11-18/h4-14,16H,1-3H3,(H,24,25)/t16-/m1/s1. The summed E-state index contributed by atoms with van der Waals surface area (Å²) < 4.78 is 5.46. The number of carbonyl (C=O) groups excluding carboxylic acids is 1. The Kier molecular flexibility index (Phi) is 5.32. The summed E-state index contributed by atoms with van der Waals surface area (Å²) in [5.74, 6) is 0.393. The van der Waals surface area contributed by atoms with Crippen molar-refractivity contribution in [3.63, 3.8) is 0 Å². The molecule has 1 atom stereocenters. The van der Waals surface area contributed by atoms with Gasteiger partial charge >= 0.3 is 0 Å². The van der Waals surface area contributed by atoms with E-state index in [1.165, 1.54) is 5.56 Å². The molecule has 132 valence electrons. The molecule has 1 heterocycles. The van der Waals surface area contributed by atoms with Crippen LogP contribution in [0, 0.1) is 6.92 Å². The van der Waals surface area contributed by atoms with E-state index in [1.807, 2.05) is 62.4 Å². The zero-order valence-electron chi connectivity index (χ0n) is 15.2. The first kappa shape index (κ1) is 17.7. The molecule has 0 aliphatic heterocycles. The minimum absolute atomic E-state index is 0.0901. The topological polar surface area (TPSA) is 51.2 Å². The van der Waals surface area contributed by atoms with Gasteiger partial charge in [0.05, 0.1) is 18.7 Å². The van der Waals surface area contributed by atoms with Crippen LogP contribution in [0.15, 0.2) is 67.0 Å². The molecule has 0 radical (unpaired) electrons. The van der Waals surface area contributed by atoms with Gasteiger partial charge in [-0.05, 0) is 54.8 Å². The van der Waals surface area contributed by atoms with Gasteiger partial charge in [0.1, 0.15) is 5.75 Å². The lowest BCUT2D eigenvalue weighted by atomic mass is 10.0. The number of methoxy groups -OCH3 is 1. The highest BCUT2D eigenvalue weighted by Gasteiger charge is 2.16. The Balaban J connectivity index is 1.81. The van der Waals surface area contributed by atoms with E-state index < -0.39 is 0 Å². The number of hydrogen-bond acceptors (Lipinski definition) is 3. The summed E-state index contributed by atoms with van der Waals surface area (Å²) in [6.45, 7) is 4.02. The quantitative estimate of drug-likeness (QED) is 0.737. The zero-order chi connectivity index (χ0) is 18.5. The molecule has 3 aromatic rings. The molecule has 0 saturated carbocycles. The van der Waals surface area contributed by atoms with E-state index in [0.717, 1.165) is 16.7 Å². The molecule has 0 unspecified atom stereocenters. The molecule has 0 saturated heterocycles. The molecule has 3 rings (SSSR count). The van der Waals surface area contributed by atoms with E-state index in [-0.39, 0.29) is 11.9 Å². The fourth-order valence-corrected chi connectivity index (χ4v) is 2.82. The number of benzene rings is 2. The molecule has 0 aliphatic rings. The van der Waals surface area contributed by atoms with Gasteiger partial charge in [0, 0.05) is 12.4 Å². The van der Waals surface area contributed by atoms with E-state index >= 15 is 0 Å². The van der Waals surface area contributed by atoms with Crippen LogP contribution >= 0.6 is 0 Å². The first-order chi connectivity index (χ1) is 12.6. The van der Waals surface area contributed by atoms with E-state index in [9.17, 15) is 4.79 Å². The maximum absolute atomic E-state index is 12.7. The van der Waals surface area contributed by atoms with Gasteiger partial charge < -0.3 is 10.1 Å². The molecule has 0 spiro atoms. The second kappa shape index (κ2) is 7.83. The molecule has 2 aromatic carbocycles. The van der Waals surface area contributed by atoms with Crippen LogP contribution in [0.5, 0.6) is 5.75 Å². The molecule has 4 nitrogen and oxygen atoms in total. The molecular formula is C22H22N2O2. The molecule has 0 fully saturated rings. The zero-order valence-corrected chi connectivity index (χ0v) is 15.2. The first-order valence-electron chi connectivity index (χ1n) is 8.54. The third-order valence-electron chi connectivity index (χ3n) is 4.38. The minimum Gasteiger partial charge on any atom is -0.496 e. The summed E-state index contributed by atoms with van der Waals surface area (Å²) in [6, 6.07) is 17.5. The smallest absolute Gasteiger partial charge is 0.255 e. The van der Waals surface area contributed by atoms with Gasteiger partial charge in [-0.2, -0.15) is 0 Å². The SMILES string of the molecule is COc1cc(-c2ccncc2)ccc1C(=O)N[C@H](C)c1ccc(C)cc1. The van der Waals surface area contributed by atoms with Gasteiger partial charge in [-0.3, -0.25) is 9.78 Å². The highest BCUT2D eigenvalue weighted by atomic mass is 16.5. The Labute approximate surface area is 153 Å². The van der Waals surface area contributed by atoms with Crippen molar-refractivity contribution in [1.29, 1.82) is 0 Å². The maximum atomic E-state index is 12.7. The van der Waals surface area contributed by atoms with Crippen molar-refractivity contribution in [2.45, 2.75) is 19.9 Å². The van der Waals surface area contributed by atoms with Crippen molar-refractivity contribution in [1.82, 2.24) is 10.3 Å². The lowest BCUT2D eigenvalue weighted by Crippen LogP contribution is -2.27. The summed E-state index contributed by atoms with van der Waals surface area (Å²) in [7, 11) is 1.58. The van der Waals surface area contributed by atoms with Gasteiger partial charge in [-0.25, -0.2) is 0 Å². The number of carbonyl (C=O) groups is 1. The van der Waals surface area contributed by atoms with Gasteiger partial charge in [0.15, 0.2) is 0 Å². The minimum atomic E-state index is -0.156. The second-order valence-corrected chi connectivity index (χ2v) is 6.26. The first-order valence-corrected chi connectivity index (χ1v) is 8.54. The number of nitrogens with one attached hydrogen (secondary N) is 1. The van der Waals surface area contributed by atoms with E-state index in [4.69, 9.17) is 4.74 Å². The molecule has 0 bridgehead atoms. The number of aryl methyl sites for hydroxylation is 1. The maximum Gasteiger partial charge on any atom is 0.255 e. The summed E-state index contributed by atoms with van der Waals surface area (Å²) in [6.07, 6.45) is 3.48. The van der Waals surface area contributed by atoms with Crippen molar-refractivity contribution in [3.05, 3.63) is 83.7 Å². The molecular weight excluding hydrogens is 324 g/mol. The van der Waals surface area contributed by atoms with Crippen LogP contribution in [-0.4, -0.2) is 18.0 Å². The van der Waals surface area contributed by atoms with Crippen LogP contribution in [-0.2, 0) is 0 Å². The van der Waals surface area contributed by atoms with Gasteiger partial charge in [-0.1, -0.05) is 35.9 Å². The molecule has 26 heavy (non-hydrogen) atoms. The number of amides is 1. The van der Waals surface area contributed by atoms with Gasteiger partial charge in [-0.15, -0.1) is 0 Å². The summed E-state index contributed by atoms with van der Waals surface area (Å²) in [4.78, 5) is 16.8. The number of pyridine rings is 1. The summed E-state index contributed by atoms with van der Waals surface area (Å²) in [5.41, 5.74) is 4.78. The van der Waals surface area contributed by atoms with Crippen LogP contribution < -0.4 is 10.1 Å². The number of hydrogen-bond donors (Lipinski definition) is 1. The summed E-state index contributed by atoms with van der Waals surface area (Å²) >= 11 is 0. The lowest BCUT2D eigenvalue weighted by Gasteiger charge is -2.16. The monoisotopic (exact) mass is 346 g/mol. The predicted molar refractivity (Wildman–Crippen MR) is 103 cm³/mol. The van der Waals surface area contributed by atoms with E-state index in [1.54, 1.807) is 25.6 Å². The molecule has 4 heteroatoms. The van der Waals surface area contributed by atoms with E-state index in [2.05, 4.69) is 10.3 Å². The van der Waals surface area contributed by atoms with Crippen LogP contribution in [0.4, 0.5) is 0 Å². The Morgan fingerprint density at radius 2 is 1.69 bits per heavy atom. The average molecular weight is 346 g/mol. The summed E-state index contributed by atoms with van der Waals surface area (Å²) in [5, 5.41) is 3.04. The number of nitrogens with zero attached hydrogens (tertiary/aromatic N) is 1. The van der Waals surface area contributed by atoms with Crippen LogP contribution in [0.3, 0.4) is 0 Å². The fourth-order valence-electron chi connectivity index (χ4n) is 2.82. The van der Waals surface area contributed by atoms with E-state index in [0.29, 0.717) is 11.3 Å². The Bertz CT molecular complexity index is 890. The van der Waals surface area contributed by atoms with Crippen LogP contribution in [0.25, 0.3) is 11.1 Å². The molecule has 1 N–H and O–H groups in total. The van der Waals surface area contributed by atoms with Crippen molar-refractivity contribution in [3.8, 4) is 16.9 Å². The lowest BCUT2D eigenvalue weighted by molar-refractivity contribution is 0.0937. The van der Waals surface area contributed by atoms with Crippen LogP contribution in [0.1, 0.15) is 34.5 Å². The Morgan fingerprint density at radius 1 is 1.00 bits per heavy atom. The molecule has 1 amide bonds. The van der Waals surface area contributed by atoms with Crippen LogP contribution in [0.2, 0.25) is 0 Å². The number of ether oxygens (including phenoxy) is 1.